The minimum Gasteiger partial charge on any atom is -0.496 e. The van der Waals surface area contributed by atoms with Crippen molar-refractivity contribution in [1.82, 2.24) is 15.5 Å². The summed E-state index contributed by atoms with van der Waals surface area (Å²) in [7, 11) is 3.58. The fraction of sp³-hybridized carbons (Fsp3) is 0.474. The normalized spacial score (nSPS) is 18.2. The summed E-state index contributed by atoms with van der Waals surface area (Å²) >= 11 is 0. The second kappa shape index (κ2) is 8.71. The SMILES string of the molecule is CCOC(=O)C1=C(CN(C)C(C)c2ccccc2OC)NC(=O)NC1C. The lowest BCUT2D eigenvalue weighted by atomic mass is 10.0. The molecule has 0 bridgehead atoms. The highest BCUT2D eigenvalue weighted by molar-refractivity contribution is 5.94. The van der Waals surface area contributed by atoms with Gasteiger partial charge in [-0.2, -0.15) is 0 Å². The molecule has 0 saturated carbocycles. The third-order valence-corrected chi connectivity index (χ3v) is 4.52. The lowest BCUT2D eigenvalue weighted by molar-refractivity contribution is -0.139. The van der Waals surface area contributed by atoms with Gasteiger partial charge in [0.1, 0.15) is 5.75 Å². The van der Waals surface area contributed by atoms with Crippen molar-refractivity contribution in [3.05, 3.63) is 41.1 Å². The number of carbonyl (C=O) groups excluding carboxylic acids is 2. The van der Waals surface area contributed by atoms with Crippen molar-refractivity contribution in [2.75, 3.05) is 27.3 Å². The predicted molar refractivity (Wildman–Crippen MR) is 98.8 cm³/mol. The number of likely N-dealkylation sites (N-methyl/N-ethyl adjacent to an activating group) is 1. The quantitative estimate of drug-likeness (QED) is 0.728. The maximum atomic E-state index is 12.3. The van der Waals surface area contributed by atoms with Gasteiger partial charge in [0.25, 0.3) is 0 Å². The van der Waals surface area contributed by atoms with Gasteiger partial charge < -0.3 is 20.1 Å². The second-order valence-corrected chi connectivity index (χ2v) is 6.27. The van der Waals surface area contributed by atoms with Gasteiger partial charge in [-0.25, -0.2) is 9.59 Å². The van der Waals surface area contributed by atoms with Crippen molar-refractivity contribution in [2.24, 2.45) is 0 Å². The summed E-state index contributed by atoms with van der Waals surface area (Å²) in [5.74, 6) is 0.384. The largest absolute Gasteiger partial charge is 0.496 e. The van der Waals surface area contributed by atoms with Crippen LogP contribution in [0.1, 0.15) is 32.4 Å². The minimum absolute atomic E-state index is 0.0178. The Morgan fingerprint density at radius 2 is 2.04 bits per heavy atom. The summed E-state index contributed by atoms with van der Waals surface area (Å²) in [6.45, 7) is 6.26. The summed E-state index contributed by atoms with van der Waals surface area (Å²) in [6.07, 6.45) is 0. The number of methoxy groups -OCH3 is 1. The highest BCUT2D eigenvalue weighted by Gasteiger charge is 2.31. The van der Waals surface area contributed by atoms with E-state index in [2.05, 4.69) is 17.6 Å². The van der Waals surface area contributed by atoms with Gasteiger partial charge in [-0.3, -0.25) is 4.90 Å². The molecule has 7 nitrogen and oxygen atoms in total. The second-order valence-electron chi connectivity index (χ2n) is 6.27. The number of hydrogen-bond donors (Lipinski definition) is 2. The standard InChI is InChI=1S/C19H27N3O4/c1-6-26-18(23)17-12(2)20-19(24)21-15(17)11-22(4)13(3)14-9-7-8-10-16(14)25-5/h7-10,12-13H,6,11H2,1-5H3,(H2,20,21,24). The fourth-order valence-electron chi connectivity index (χ4n) is 3.04. The van der Waals surface area contributed by atoms with E-state index < -0.39 is 12.0 Å². The van der Waals surface area contributed by atoms with Crippen LogP contribution >= 0.6 is 0 Å². The third kappa shape index (κ3) is 4.35. The first-order chi connectivity index (χ1) is 12.4. The van der Waals surface area contributed by atoms with Crippen molar-refractivity contribution in [3.8, 4) is 5.75 Å². The number of esters is 1. The first kappa shape index (κ1) is 19.8. The molecular formula is C19H27N3O4. The maximum absolute atomic E-state index is 12.3. The molecule has 0 aromatic heterocycles. The number of benzene rings is 1. The molecular weight excluding hydrogens is 334 g/mol. The molecule has 0 fully saturated rings. The van der Waals surface area contributed by atoms with Crippen LogP contribution in [0.5, 0.6) is 5.75 Å². The molecule has 2 rings (SSSR count). The first-order valence-corrected chi connectivity index (χ1v) is 8.69. The zero-order valence-corrected chi connectivity index (χ0v) is 16.0. The summed E-state index contributed by atoms with van der Waals surface area (Å²) in [5.41, 5.74) is 2.04. The van der Waals surface area contributed by atoms with Gasteiger partial charge in [-0.1, -0.05) is 18.2 Å². The first-order valence-electron chi connectivity index (χ1n) is 8.69. The van der Waals surface area contributed by atoms with Crippen LogP contribution in [0.3, 0.4) is 0 Å². The summed E-state index contributed by atoms with van der Waals surface area (Å²) in [5, 5.41) is 5.46. The molecule has 1 aromatic rings. The van der Waals surface area contributed by atoms with Crippen LogP contribution < -0.4 is 15.4 Å². The molecule has 1 heterocycles. The molecule has 1 aliphatic heterocycles. The number of nitrogens with zero attached hydrogens (tertiary/aromatic N) is 1. The van der Waals surface area contributed by atoms with Gasteiger partial charge in [-0.05, 0) is 33.9 Å². The third-order valence-electron chi connectivity index (χ3n) is 4.52. The van der Waals surface area contributed by atoms with Gasteiger partial charge >= 0.3 is 12.0 Å². The van der Waals surface area contributed by atoms with Crippen LogP contribution in [-0.4, -0.2) is 50.3 Å². The molecule has 2 unspecified atom stereocenters. The molecule has 2 N–H and O–H groups in total. The molecule has 0 spiro atoms. The van der Waals surface area contributed by atoms with Crippen molar-refractivity contribution in [2.45, 2.75) is 32.9 Å². The Balaban J connectivity index is 2.28. The van der Waals surface area contributed by atoms with Crippen LogP contribution in [-0.2, 0) is 9.53 Å². The molecule has 142 valence electrons. The van der Waals surface area contributed by atoms with Crippen molar-refractivity contribution in [3.63, 3.8) is 0 Å². The molecule has 2 amide bonds. The van der Waals surface area contributed by atoms with Crippen molar-refractivity contribution >= 4 is 12.0 Å². The summed E-state index contributed by atoms with van der Waals surface area (Å²) < 4.78 is 10.6. The molecule has 1 aliphatic rings. The molecule has 2 atom stereocenters. The van der Waals surface area contributed by atoms with Crippen LogP contribution in [0.15, 0.2) is 35.5 Å². The molecule has 0 aliphatic carbocycles. The number of rotatable bonds is 7. The zero-order valence-electron chi connectivity index (χ0n) is 16.0. The maximum Gasteiger partial charge on any atom is 0.337 e. The van der Waals surface area contributed by atoms with Gasteiger partial charge in [-0.15, -0.1) is 0 Å². The van der Waals surface area contributed by atoms with Gasteiger partial charge in [0, 0.05) is 23.8 Å². The lowest BCUT2D eigenvalue weighted by Crippen LogP contribution is -2.51. The van der Waals surface area contributed by atoms with E-state index in [1.54, 1.807) is 21.0 Å². The van der Waals surface area contributed by atoms with E-state index in [0.29, 0.717) is 17.8 Å². The molecule has 1 aromatic carbocycles. The lowest BCUT2D eigenvalue weighted by Gasteiger charge is -2.32. The van der Waals surface area contributed by atoms with E-state index in [4.69, 9.17) is 9.47 Å². The van der Waals surface area contributed by atoms with Crippen LogP contribution in [0, 0.1) is 0 Å². The van der Waals surface area contributed by atoms with Crippen molar-refractivity contribution < 1.29 is 19.1 Å². The number of nitrogens with one attached hydrogen (secondary N) is 2. The molecule has 0 radical (unpaired) electrons. The van der Waals surface area contributed by atoms with Gasteiger partial charge in [0.2, 0.25) is 0 Å². The average Bonchev–Trinajstić information content (AvgIpc) is 2.60. The minimum atomic E-state index is -0.416. The number of urea groups is 1. The number of carbonyl (C=O) groups is 2. The fourth-order valence-corrected chi connectivity index (χ4v) is 3.04. The Morgan fingerprint density at radius 3 is 2.69 bits per heavy atom. The summed E-state index contributed by atoms with van der Waals surface area (Å²) in [6, 6.07) is 7.09. The number of hydrogen-bond acceptors (Lipinski definition) is 5. The summed E-state index contributed by atoms with van der Waals surface area (Å²) in [4.78, 5) is 26.3. The van der Waals surface area contributed by atoms with Gasteiger partial charge in [0.15, 0.2) is 0 Å². The highest BCUT2D eigenvalue weighted by atomic mass is 16.5. The number of ether oxygens (including phenoxy) is 2. The number of amides is 2. The van der Waals surface area contributed by atoms with Crippen LogP contribution in [0.4, 0.5) is 4.79 Å². The van der Waals surface area contributed by atoms with E-state index in [0.717, 1.165) is 11.3 Å². The topological polar surface area (TPSA) is 79.9 Å². The van der Waals surface area contributed by atoms with Crippen LogP contribution in [0.2, 0.25) is 0 Å². The number of para-hydroxylation sites is 1. The molecule has 7 heteroatoms. The molecule has 26 heavy (non-hydrogen) atoms. The van der Waals surface area contributed by atoms with E-state index >= 15 is 0 Å². The van der Waals surface area contributed by atoms with E-state index in [1.807, 2.05) is 36.2 Å². The Bertz CT molecular complexity index is 702. The zero-order chi connectivity index (χ0) is 19.3. The Hall–Kier alpha value is -2.54. The van der Waals surface area contributed by atoms with E-state index in [9.17, 15) is 9.59 Å². The van der Waals surface area contributed by atoms with E-state index in [1.165, 1.54) is 0 Å². The van der Waals surface area contributed by atoms with Crippen molar-refractivity contribution in [1.29, 1.82) is 0 Å². The molecule has 0 saturated heterocycles. The highest BCUT2D eigenvalue weighted by Crippen LogP contribution is 2.29. The Morgan fingerprint density at radius 1 is 1.35 bits per heavy atom. The predicted octanol–water partition coefficient (Wildman–Crippen LogP) is 2.21. The van der Waals surface area contributed by atoms with E-state index in [-0.39, 0.29) is 18.7 Å². The average molecular weight is 361 g/mol. The Kier molecular flexibility index (Phi) is 6.63. The smallest absolute Gasteiger partial charge is 0.337 e. The Labute approximate surface area is 154 Å². The van der Waals surface area contributed by atoms with Gasteiger partial charge in [0.05, 0.1) is 25.3 Å². The van der Waals surface area contributed by atoms with Crippen LogP contribution in [0.25, 0.3) is 0 Å². The monoisotopic (exact) mass is 361 g/mol.